The lowest BCUT2D eigenvalue weighted by Crippen LogP contribution is -2.34. The molecular formula is C12H14ClNO4S. The molecule has 5 nitrogen and oxygen atoms in total. The van der Waals surface area contributed by atoms with Gasteiger partial charge in [-0.25, -0.2) is 13.1 Å². The number of aryl methyl sites for hydroxylation is 1. The number of nitrogens with one attached hydrogen (secondary N) is 1. The number of sulfonamides is 1. The van der Waals surface area contributed by atoms with Gasteiger partial charge in [-0.2, -0.15) is 0 Å². The Balaban J connectivity index is 2.17. The van der Waals surface area contributed by atoms with Gasteiger partial charge in [0.25, 0.3) is 0 Å². The molecule has 0 radical (unpaired) electrons. The lowest BCUT2D eigenvalue weighted by molar-refractivity contribution is -0.143. The summed E-state index contributed by atoms with van der Waals surface area (Å²) >= 11 is 5.78. The normalized spacial score (nSPS) is 17.2. The smallest absolute Gasteiger partial charge is 0.310 e. The highest BCUT2D eigenvalue weighted by molar-refractivity contribution is 7.89. The van der Waals surface area contributed by atoms with E-state index < -0.39 is 21.4 Å². The van der Waals surface area contributed by atoms with Crippen molar-refractivity contribution in [1.29, 1.82) is 0 Å². The van der Waals surface area contributed by atoms with E-state index in [1.165, 1.54) is 12.1 Å². The van der Waals surface area contributed by atoms with E-state index in [0.29, 0.717) is 23.4 Å². The number of halogens is 1. The molecule has 2 N–H and O–H groups in total. The molecule has 7 heteroatoms. The quantitative estimate of drug-likeness (QED) is 0.868. The molecule has 1 aliphatic carbocycles. The summed E-state index contributed by atoms with van der Waals surface area (Å²) in [5.41, 5.74) is -0.395. The van der Waals surface area contributed by atoms with E-state index >= 15 is 0 Å². The molecule has 104 valence electrons. The molecule has 1 aliphatic rings. The van der Waals surface area contributed by atoms with Crippen molar-refractivity contribution in [2.75, 3.05) is 6.54 Å². The van der Waals surface area contributed by atoms with Crippen LogP contribution in [-0.2, 0) is 14.8 Å². The van der Waals surface area contributed by atoms with Crippen LogP contribution in [-0.4, -0.2) is 26.0 Å². The Bertz CT molecular complexity index is 623. The molecular weight excluding hydrogens is 290 g/mol. The first-order valence-electron chi connectivity index (χ1n) is 5.76. The summed E-state index contributed by atoms with van der Waals surface area (Å²) in [5, 5.41) is 9.47. The Labute approximate surface area is 116 Å². The number of carboxylic acids is 1. The maximum absolute atomic E-state index is 12.1. The van der Waals surface area contributed by atoms with Crippen molar-refractivity contribution < 1.29 is 18.3 Å². The van der Waals surface area contributed by atoms with Gasteiger partial charge in [0.1, 0.15) is 0 Å². The number of hydrogen-bond donors (Lipinski definition) is 2. The molecule has 0 saturated heterocycles. The van der Waals surface area contributed by atoms with E-state index in [0.717, 1.165) is 0 Å². The molecule has 0 aromatic heterocycles. The van der Waals surface area contributed by atoms with Crippen molar-refractivity contribution in [3.8, 4) is 0 Å². The van der Waals surface area contributed by atoms with Gasteiger partial charge in [0.15, 0.2) is 0 Å². The van der Waals surface area contributed by atoms with Crippen LogP contribution in [0.1, 0.15) is 18.4 Å². The van der Waals surface area contributed by atoms with Gasteiger partial charge in [-0.15, -0.1) is 0 Å². The van der Waals surface area contributed by atoms with Crippen LogP contribution in [0.25, 0.3) is 0 Å². The van der Waals surface area contributed by atoms with Gasteiger partial charge < -0.3 is 5.11 Å². The Morgan fingerprint density at radius 1 is 1.47 bits per heavy atom. The molecule has 0 unspecified atom stereocenters. The molecule has 19 heavy (non-hydrogen) atoms. The highest BCUT2D eigenvalue weighted by Crippen LogP contribution is 2.45. The van der Waals surface area contributed by atoms with Crippen molar-refractivity contribution in [3.63, 3.8) is 0 Å². The van der Waals surface area contributed by atoms with Crippen LogP contribution < -0.4 is 4.72 Å². The fourth-order valence-corrected chi connectivity index (χ4v) is 3.42. The number of benzene rings is 1. The molecule has 0 aliphatic heterocycles. The summed E-state index contributed by atoms with van der Waals surface area (Å²) in [7, 11) is -3.71. The van der Waals surface area contributed by atoms with Crippen LogP contribution in [0.2, 0.25) is 5.02 Å². The number of rotatable bonds is 5. The first-order valence-corrected chi connectivity index (χ1v) is 7.62. The van der Waals surface area contributed by atoms with E-state index in [4.69, 9.17) is 16.7 Å². The summed E-state index contributed by atoms with van der Waals surface area (Å²) in [4.78, 5) is 11.1. The predicted octanol–water partition coefficient (Wildman–Crippen LogP) is 1.79. The van der Waals surface area contributed by atoms with Crippen molar-refractivity contribution in [3.05, 3.63) is 28.8 Å². The third-order valence-electron chi connectivity index (χ3n) is 3.33. The fraction of sp³-hybridized carbons (Fsp3) is 0.417. The first-order chi connectivity index (χ1) is 8.77. The van der Waals surface area contributed by atoms with Crippen molar-refractivity contribution in [2.24, 2.45) is 5.41 Å². The molecule has 1 fully saturated rings. The number of aliphatic carboxylic acids is 1. The van der Waals surface area contributed by atoms with Crippen LogP contribution >= 0.6 is 11.6 Å². The standard InChI is InChI=1S/C12H14ClNO4S/c1-8-6-9(13)2-3-10(8)19(17,18)14-7-12(4-5-12)11(15)16/h2-3,6,14H,4-5,7H2,1H3,(H,15,16). The average molecular weight is 304 g/mol. The number of carboxylic acid groups (broad SMARTS) is 1. The van der Waals surface area contributed by atoms with Crippen LogP contribution in [0.15, 0.2) is 23.1 Å². The molecule has 0 spiro atoms. The molecule has 0 atom stereocenters. The maximum Gasteiger partial charge on any atom is 0.310 e. The molecule has 0 amide bonds. The maximum atomic E-state index is 12.1. The summed E-state index contributed by atoms with van der Waals surface area (Å²) in [5.74, 6) is -0.956. The van der Waals surface area contributed by atoms with Gasteiger partial charge in [0.05, 0.1) is 10.3 Å². The Morgan fingerprint density at radius 2 is 2.11 bits per heavy atom. The minimum Gasteiger partial charge on any atom is -0.481 e. The third-order valence-corrected chi connectivity index (χ3v) is 5.13. The zero-order valence-electron chi connectivity index (χ0n) is 10.3. The topological polar surface area (TPSA) is 83.5 Å². The lowest BCUT2D eigenvalue weighted by atomic mass is 10.1. The second-order valence-electron chi connectivity index (χ2n) is 4.82. The van der Waals surface area contributed by atoms with Crippen molar-refractivity contribution in [1.82, 2.24) is 4.72 Å². The second-order valence-corrected chi connectivity index (χ2v) is 6.99. The number of hydrogen-bond acceptors (Lipinski definition) is 3. The van der Waals surface area contributed by atoms with Gasteiger partial charge in [0, 0.05) is 11.6 Å². The molecule has 1 aromatic rings. The second kappa shape index (κ2) is 4.77. The van der Waals surface area contributed by atoms with E-state index in [2.05, 4.69) is 4.72 Å². The summed E-state index contributed by atoms with van der Waals surface area (Å²) in [6.07, 6.45) is 1.01. The monoisotopic (exact) mass is 303 g/mol. The van der Waals surface area contributed by atoms with Gasteiger partial charge in [0.2, 0.25) is 10.0 Å². The SMILES string of the molecule is Cc1cc(Cl)ccc1S(=O)(=O)NCC1(C(=O)O)CC1. The molecule has 1 saturated carbocycles. The zero-order valence-corrected chi connectivity index (χ0v) is 11.9. The Hall–Kier alpha value is -1.11. The van der Waals surface area contributed by atoms with Crippen LogP contribution in [0, 0.1) is 12.3 Å². The van der Waals surface area contributed by atoms with Gasteiger partial charge in [-0.1, -0.05) is 11.6 Å². The van der Waals surface area contributed by atoms with E-state index in [-0.39, 0.29) is 11.4 Å². The summed E-state index contributed by atoms with van der Waals surface area (Å²) in [6.45, 7) is 1.57. The van der Waals surface area contributed by atoms with E-state index in [9.17, 15) is 13.2 Å². The van der Waals surface area contributed by atoms with E-state index in [1.54, 1.807) is 13.0 Å². The Morgan fingerprint density at radius 3 is 2.58 bits per heavy atom. The predicted molar refractivity (Wildman–Crippen MR) is 70.7 cm³/mol. The van der Waals surface area contributed by atoms with Crippen molar-refractivity contribution in [2.45, 2.75) is 24.7 Å². The molecule has 0 bridgehead atoms. The van der Waals surface area contributed by atoms with Gasteiger partial charge in [-0.05, 0) is 43.5 Å². The molecule has 2 rings (SSSR count). The minimum absolute atomic E-state index is 0.0767. The summed E-state index contributed by atoms with van der Waals surface area (Å²) < 4.78 is 26.6. The fourth-order valence-electron chi connectivity index (χ4n) is 1.84. The van der Waals surface area contributed by atoms with Crippen molar-refractivity contribution >= 4 is 27.6 Å². The van der Waals surface area contributed by atoms with Crippen LogP contribution in [0.4, 0.5) is 0 Å². The molecule has 1 aromatic carbocycles. The van der Waals surface area contributed by atoms with E-state index in [1.807, 2.05) is 0 Å². The van der Waals surface area contributed by atoms with Crippen LogP contribution in [0.3, 0.4) is 0 Å². The average Bonchev–Trinajstić information content (AvgIpc) is 3.07. The third kappa shape index (κ3) is 2.91. The number of carbonyl (C=O) groups is 1. The summed E-state index contributed by atoms with van der Waals surface area (Å²) in [6, 6.07) is 4.47. The van der Waals surface area contributed by atoms with Crippen LogP contribution in [0.5, 0.6) is 0 Å². The lowest BCUT2D eigenvalue weighted by Gasteiger charge is -2.13. The molecule has 0 heterocycles. The minimum atomic E-state index is -3.71. The zero-order chi connectivity index (χ0) is 14.3. The highest BCUT2D eigenvalue weighted by Gasteiger charge is 2.50. The van der Waals surface area contributed by atoms with Gasteiger partial charge >= 0.3 is 5.97 Å². The largest absolute Gasteiger partial charge is 0.481 e. The van der Waals surface area contributed by atoms with Gasteiger partial charge in [-0.3, -0.25) is 4.79 Å². The Kier molecular flexibility index (Phi) is 3.59. The first kappa shape index (κ1) is 14.3. The highest BCUT2D eigenvalue weighted by atomic mass is 35.5.